The monoisotopic (exact) mass is 338 g/mol. The first-order chi connectivity index (χ1) is 9.66. The number of methoxy groups -OCH3 is 1. The third-order valence-electron chi connectivity index (χ3n) is 3.67. The minimum absolute atomic E-state index is 0.0118. The van der Waals surface area contributed by atoms with Crippen molar-refractivity contribution in [3.63, 3.8) is 0 Å². The van der Waals surface area contributed by atoms with Crippen molar-refractivity contribution in [1.29, 1.82) is 0 Å². The Balaban J connectivity index is 1.96. The molecule has 1 fully saturated rings. The van der Waals surface area contributed by atoms with Crippen molar-refractivity contribution < 1.29 is 19.1 Å². The van der Waals surface area contributed by atoms with Gasteiger partial charge in [0.1, 0.15) is 0 Å². The van der Waals surface area contributed by atoms with Crippen LogP contribution in [-0.4, -0.2) is 40.1 Å². The molecule has 1 saturated heterocycles. The zero-order valence-electron chi connectivity index (χ0n) is 10.9. The van der Waals surface area contributed by atoms with Gasteiger partial charge in [-0.25, -0.2) is 0 Å². The number of esters is 2. The Hall–Kier alpha value is -1.58. The fourth-order valence-electron chi connectivity index (χ4n) is 2.62. The van der Waals surface area contributed by atoms with E-state index in [-0.39, 0.29) is 25.9 Å². The molecule has 4 rings (SSSR count). The standard InChI is InChI=1S/C15H14O4Se/c1-18-13(16)15-8-7-10(19-14(15)17)9-12(15)20-11-5-3-2-4-6-11/h2-8,10,12H,9H2,1H3/t10-,12+,15?/m1/s1. The van der Waals surface area contributed by atoms with Crippen LogP contribution in [0.5, 0.6) is 0 Å². The van der Waals surface area contributed by atoms with Gasteiger partial charge >= 0.3 is 123 Å². The molecule has 4 nitrogen and oxygen atoms in total. The third-order valence-corrected chi connectivity index (χ3v) is 6.59. The van der Waals surface area contributed by atoms with E-state index < -0.39 is 17.4 Å². The molecule has 1 unspecified atom stereocenters. The molecule has 3 aliphatic rings. The number of benzene rings is 1. The molecule has 2 heterocycles. The van der Waals surface area contributed by atoms with Crippen molar-refractivity contribution in [2.45, 2.75) is 17.3 Å². The van der Waals surface area contributed by atoms with Gasteiger partial charge in [-0.1, -0.05) is 0 Å². The Bertz CT molecular complexity index is 568. The number of ether oxygens (including phenoxy) is 2. The van der Waals surface area contributed by atoms with Crippen LogP contribution >= 0.6 is 0 Å². The van der Waals surface area contributed by atoms with Crippen molar-refractivity contribution in [3.05, 3.63) is 42.5 Å². The molecule has 5 heteroatoms. The van der Waals surface area contributed by atoms with Gasteiger partial charge in [-0.15, -0.1) is 0 Å². The van der Waals surface area contributed by atoms with Crippen LogP contribution in [0.3, 0.4) is 0 Å². The topological polar surface area (TPSA) is 52.6 Å². The van der Waals surface area contributed by atoms with Crippen molar-refractivity contribution >= 4 is 31.4 Å². The van der Waals surface area contributed by atoms with Gasteiger partial charge in [0.05, 0.1) is 0 Å². The molecule has 3 atom stereocenters. The molecular weight excluding hydrogens is 323 g/mol. The molecule has 0 saturated carbocycles. The molecule has 20 heavy (non-hydrogen) atoms. The summed E-state index contributed by atoms with van der Waals surface area (Å²) in [5.74, 6) is -0.981. The Morgan fingerprint density at radius 1 is 1.40 bits per heavy atom. The molecule has 0 amide bonds. The molecule has 104 valence electrons. The van der Waals surface area contributed by atoms with Gasteiger partial charge in [0.2, 0.25) is 0 Å². The first-order valence-electron chi connectivity index (χ1n) is 6.37. The third kappa shape index (κ3) is 1.98. The SMILES string of the molecule is COC(=O)C12C=C[C@H](C[C@@H]1[Se]c1ccccc1)OC2=O. The van der Waals surface area contributed by atoms with E-state index in [1.807, 2.05) is 30.3 Å². The van der Waals surface area contributed by atoms with E-state index in [4.69, 9.17) is 9.47 Å². The number of carbonyl (C=O) groups is 2. The van der Waals surface area contributed by atoms with Gasteiger partial charge in [-0.3, -0.25) is 0 Å². The van der Waals surface area contributed by atoms with Crippen LogP contribution < -0.4 is 4.46 Å². The van der Waals surface area contributed by atoms with E-state index in [1.165, 1.54) is 11.6 Å². The summed E-state index contributed by atoms with van der Waals surface area (Å²) in [5, 5.41) is 0. The number of carbonyl (C=O) groups excluding carboxylic acids is 2. The van der Waals surface area contributed by atoms with Gasteiger partial charge in [0.25, 0.3) is 0 Å². The maximum atomic E-state index is 12.2. The van der Waals surface area contributed by atoms with Crippen LogP contribution in [0.4, 0.5) is 0 Å². The summed E-state index contributed by atoms with van der Waals surface area (Å²) >= 11 is 0.0118. The van der Waals surface area contributed by atoms with E-state index >= 15 is 0 Å². The summed E-state index contributed by atoms with van der Waals surface area (Å²) in [6.45, 7) is 0. The van der Waals surface area contributed by atoms with Gasteiger partial charge in [-0.2, -0.15) is 0 Å². The van der Waals surface area contributed by atoms with Gasteiger partial charge in [-0.05, 0) is 0 Å². The van der Waals surface area contributed by atoms with Crippen molar-refractivity contribution in [3.8, 4) is 0 Å². The second-order valence-electron chi connectivity index (χ2n) is 4.82. The fraction of sp³-hybridized carbons (Fsp3) is 0.333. The summed E-state index contributed by atoms with van der Waals surface area (Å²) in [4.78, 5) is 24.4. The van der Waals surface area contributed by atoms with Crippen LogP contribution in [-0.2, 0) is 19.1 Å². The Labute approximate surface area is 123 Å². The van der Waals surface area contributed by atoms with Gasteiger partial charge in [0, 0.05) is 0 Å². The molecule has 2 bridgehead atoms. The average Bonchev–Trinajstić information content (AvgIpc) is 2.48. The minimum atomic E-state index is -1.25. The maximum absolute atomic E-state index is 12.2. The molecule has 1 aromatic rings. The summed E-state index contributed by atoms with van der Waals surface area (Å²) in [7, 11) is 1.31. The first kappa shape index (κ1) is 13.4. The number of rotatable bonds is 3. The Kier molecular flexibility index (Phi) is 3.40. The van der Waals surface area contributed by atoms with Crippen LogP contribution in [0.25, 0.3) is 0 Å². The van der Waals surface area contributed by atoms with Crippen LogP contribution in [0, 0.1) is 5.41 Å². The van der Waals surface area contributed by atoms with Crippen molar-refractivity contribution in [1.82, 2.24) is 0 Å². The van der Waals surface area contributed by atoms with Gasteiger partial charge in [0.15, 0.2) is 0 Å². The van der Waals surface area contributed by atoms with Crippen molar-refractivity contribution in [2.24, 2.45) is 5.41 Å². The zero-order chi connectivity index (χ0) is 14.2. The number of hydrogen-bond acceptors (Lipinski definition) is 4. The summed E-state index contributed by atoms with van der Waals surface area (Å²) in [5.41, 5.74) is -1.25. The Morgan fingerprint density at radius 2 is 2.15 bits per heavy atom. The summed E-state index contributed by atoms with van der Waals surface area (Å²) in [6.07, 6.45) is 3.97. The van der Waals surface area contributed by atoms with Crippen LogP contribution in [0.1, 0.15) is 6.42 Å². The molecule has 1 aromatic carbocycles. The number of hydrogen-bond donors (Lipinski definition) is 0. The zero-order valence-corrected chi connectivity index (χ0v) is 12.7. The van der Waals surface area contributed by atoms with Crippen LogP contribution in [0.15, 0.2) is 42.5 Å². The normalized spacial score (nSPS) is 30.9. The van der Waals surface area contributed by atoms with E-state index in [1.54, 1.807) is 12.2 Å². The first-order valence-corrected chi connectivity index (χ1v) is 8.22. The fourth-order valence-corrected chi connectivity index (χ4v) is 5.53. The van der Waals surface area contributed by atoms with E-state index in [9.17, 15) is 9.59 Å². The van der Waals surface area contributed by atoms with E-state index in [0.717, 1.165) is 0 Å². The summed E-state index contributed by atoms with van der Waals surface area (Å²) < 4.78 is 11.3. The predicted octanol–water partition coefficient (Wildman–Crippen LogP) is 0.849. The van der Waals surface area contributed by atoms with Gasteiger partial charge < -0.3 is 0 Å². The molecule has 1 aliphatic carbocycles. The van der Waals surface area contributed by atoms with E-state index in [0.29, 0.717) is 6.42 Å². The molecule has 0 radical (unpaired) electrons. The molecule has 0 aromatic heterocycles. The average molecular weight is 337 g/mol. The van der Waals surface area contributed by atoms with E-state index in [2.05, 4.69) is 0 Å². The molecule has 0 spiro atoms. The van der Waals surface area contributed by atoms with Crippen molar-refractivity contribution in [2.75, 3.05) is 7.11 Å². The second-order valence-corrected chi connectivity index (χ2v) is 7.50. The molecular formula is C15H14O4Se. The summed E-state index contributed by atoms with van der Waals surface area (Å²) in [6, 6.07) is 9.95. The van der Waals surface area contributed by atoms with Crippen LogP contribution in [0.2, 0.25) is 4.82 Å². The molecule has 2 aliphatic heterocycles. The number of fused-ring (bicyclic) bond motifs is 2. The quantitative estimate of drug-likeness (QED) is 0.355. The predicted molar refractivity (Wildman–Crippen MR) is 73.7 cm³/mol. The second kappa shape index (κ2) is 5.08. The Morgan fingerprint density at radius 3 is 2.80 bits per heavy atom. The molecule has 0 N–H and O–H groups in total.